The van der Waals surface area contributed by atoms with Crippen LogP contribution in [-0.2, 0) is 9.16 Å². The zero-order valence-corrected chi connectivity index (χ0v) is 17.1. The van der Waals surface area contributed by atoms with Crippen molar-refractivity contribution in [3.05, 3.63) is 0 Å². The number of piperidine rings is 1. The highest BCUT2D eigenvalue weighted by Gasteiger charge is 2.42. The second-order valence-corrected chi connectivity index (χ2v) is 13.8. The topological polar surface area (TPSA) is 59.0 Å². The fourth-order valence-electron chi connectivity index (χ4n) is 2.39. The average Bonchev–Trinajstić information content (AvgIpc) is 2.35. The Morgan fingerprint density at radius 2 is 1.78 bits per heavy atom. The van der Waals surface area contributed by atoms with Crippen LogP contribution in [0.15, 0.2) is 0 Å². The van der Waals surface area contributed by atoms with Gasteiger partial charge in [0.1, 0.15) is 5.60 Å². The fraction of sp³-hybridized carbons (Fsp3) is 0.941. The number of nitrogens with zero attached hydrogens (tertiary/aromatic N) is 1. The number of rotatable bonds is 3. The zero-order valence-electron chi connectivity index (χ0n) is 16.1. The van der Waals surface area contributed by atoms with Crippen LogP contribution in [0.2, 0.25) is 18.1 Å². The van der Waals surface area contributed by atoms with Gasteiger partial charge >= 0.3 is 6.09 Å². The number of aliphatic hydroxyl groups excluding tert-OH is 1. The van der Waals surface area contributed by atoms with Crippen molar-refractivity contribution in [2.24, 2.45) is 5.92 Å². The first kappa shape index (κ1) is 20.5. The summed E-state index contributed by atoms with van der Waals surface area (Å²) in [4.78, 5) is 13.9. The largest absolute Gasteiger partial charge is 0.444 e. The van der Waals surface area contributed by atoms with Crippen LogP contribution in [-0.4, -0.2) is 55.8 Å². The minimum atomic E-state index is -1.88. The zero-order chi connectivity index (χ0) is 18.1. The molecule has 1 saturated heterocycles. The summed E-state index contributed by atoms with van der Waals surface area (Å²) in [6.07, 6.45) is 0.457. The molecule has 0 saturated carbocycles. The van der Waals surface area contributed by atoms with E-state index in [2.05, 4.69) is 33.9 Å². The Morgan fingerprint density at radius 3 is 2.22 bits per heavy atom. The lowest BCUT2D eigenvalue weighted by atomic mass is 9.96. The van der Waals surface area contributed by atoms with E-state index in [4.69, 9.17) is 9.16 Å². The summed E-state index contributed by atoms with van der Waals surface area (Å²) in [7, 11) is -1.88. The molecular weight excluding hydrogens is 310 g/mol. The van der Waals surface area contributed by atoms with Gasteiger partial charge in [0.25, 0.3) is 0 Å². The van der Waals surface area contributed by atoms with Crippen LogP contribution >= 0.6 is 0 Å². The molecule has 0 aromatic heterocycles. The molecule has 136 valence electrons. The third-order valence-corrected chi connectivity index (χ3v) is 9.31. The highest BCUT2D eigenvalue weighted by atomic mass is 28.4. The van der Waals surface area contributed by atoms with Crippen LogP contribution in [0.1, 0.15) is 48.0 Å². The molecule has 0 bridgehead atoms. The first-order valence-electron chi connectivity index (χ1n) is 8.53. The first-order valence-corrected chi connectivity index (χ1v) is 11.4. The predicted octanol–water partition coefficient (Wildman–Crippen LogP) is 3.63. The van der Waals surface area contributed by atoms with Crippen LogP contribution in [0.4, 0.5) is 4.79 Å². The van der Waals surface area contributed by atoms with Crippen LogP contribution in [0, 0.1) is 5.92 Å². The highest BCUT2D eigenvalue weighted by Crippen LogP contribution is 2.39. The lowest BCUT2D eigenvalue weighted by Crippen LogP contribution is -2.53. The molecule has 1 heterocycles. The monoisotopic (exact) mass is 345 g/mol. The number of hydrogen-bond donors (Lipinski definition) is 1. The van der Waals surface area contributed by atoms with E-state index in [9.17, 15) is 9.90 Å². The van der Waals surface area contributed by atoms with Crippen molar-refractivity contribution in [2.45, 2.75) is 77.8 Å². The average molecular weight is 346 g/mol. The van der Waals surface area contributed by atoms with Gasteiger partial charge < -0.3 is 19.2 Å². The molecule has 1 fully saturated rings. The van der Waals surface area contributed by atoms with E-state index in [1.807, 2.05) is 20.8 Å². The van der Waals surface area contributed by atoms with E-state index >= 15 is 0 Å². The molecule has 1 rings (SSSR count). The summed E-state index contributed by atoms with van der Waals surface area (Å²) in [6, 6.07) is 0. The van der Waals surface area contributed by atoms with Gasteiger partial charge in [0.05, 0.1) is 12.7 Å². The quantitative estimate of drug-likeness (QED) is 0.794. The lowest BCUT2D eigenvalue weighted by molar-refractivity contribution is -0.0164. The summed E-state index contributed by atoms with van der Waals surface area (Å²) in [5.41, 5.74) is -0.500. The van der Waals surface area contributed by atoms with Crippen LogP contribution in [0.5, 0.6) is 0 Å². The number of amides is 1. The molecule has 0 radical (unpaired) electrons. The Bertz CT molecular complexity index is 412. The summed E-state index contributed by atoms with van der Waals surface area (Å²) >= 11 is 0. The van der Waals surface area contributed by atoms with Crippen molar-refractivity contribution < 1.29 is 19.1 Å². The van der Waals surface area contributed by atoms with Gasteiger partial charge in [-0.1, -0.05) is 20.8 Å². The van der Waals surface area contributed by atoms with Gasteiger partial charge in [0, 0.05) is 19.0 Å². The van der Waals surface area contributed by atoms with Gasteiger partial charge in [-0.25, -0.2) is 4.79 Å². The molecule has 6 heteroatoms. The number of aliphatic hydroxyl groups is 1. The minimum absolute atomic E-state index is 0.0135. The predicted molar refractivity (Wildman–Crippen MR) is 95.1 cm³/mol. The van der Waals surface area contributed by atoms with Crippen molar-refractivity contribution in [2.75, 3.05) is 19.7 Å². The molecule has 0 spiro atoms. The Kier molecular flexibility index (Phi) is 6.32. The van der Waals surface area contributed by atoms with E-state index in [0.29, 0.717) is 13.1 Å². The van der Waals surface area contributed by atoms with Crippen LogP contribution in [0.25, 0.3) is 0 Å². The third kappa shape index (κ3) is 5.76. The van der Waals surface area contributed by atoms with Gasteiger partial charge in [-0.15, -0.1) is 0 Å². The molecule has 1 aliphatic heterocycles. The maximum atomic E-state index is 12.2. The molecule has 23 heavy (non-hydrogen) atoms. The third-order valence-electron chi connectivity index (χ3n) is 4.80. The first-order chi connectivity index (χ1) is 10.3. The summed E-state index contributed by atoms with van der Waals surface area (Å²) < 4.78 is 11.9. The molecule has 0 aromatic rings. The molecule has 1 aliphatic rings. The van der Waals surface area contributed by atoms with Gasteiger partial charge in [-0.2, -0.15) is 0 Å². The number of carbonyl (C=O) groups excluding carboxylic acids is 1. The number of carbonyl (C=O) groups is 1. The van der Waals surface area contributed by atoms with Gasteiger partial charge in [-0.05, 0) is 45.3 Å². The van der Waals surface area contributed by atoms with Gasteiger partial charge in [0.2, 0.25) is 0 Å². The SMILES string of the molecule is CC(C)(C)OC(=O)N1CC[C@H](O[Si](C)(C)C(C)(C)C)[C@H](CO)C1. The molecule has 0 unspecified atom stereocenters. The second kappa shape index (κ2) is 7.11. The maximum Gasteiger partial charge on any atom is 0.410 e. The van der Waals surface area contributed by atoms with E-state index in [1.54, 1.807) is 4.90 Å². The standard InChI is InChI=1S/C17H35NO4Si/c1-16(2,3)21-15(20)18-10-9-14(13(11-18)12-19)22-23(7,8)17(4,5)6/h13-14,19H,9-12H2,1-8H3/t13-,14-/m0/s1. The van der Waals surface area contributed by atoms with E-state index in [1.165, 1.54) is 0 Å². The Hall–Kier alpha value is -0.593. The number of likely N-dealkylation sites (tertiary alicyclic amines) is 1. The van der Waals surface area contributed by atoms with Crippen molar-refractivity contribution in [3.63, 3.8) is 0 Å². The smallest absolute Gasteiger partial charge is 0.410 e. The number of hydrogen-bond acceptors (Lipinski definition) is 4. The molecule has 0 aromatic carbocycles. The molecule has 5 nitrogen and oxygen atoms in total. The van der Waals surface area contributed by atoms with Gasteiger partial charge in [-0.3, -0.25) is 0 Å². The van der Waals surface area contributed by atoms with Gasteiger partial charge in [0.15, 0.2) is 8.32 Å². The lowest BCUT2D eigenvalue weighted by Gasteiger charge is -2.44. The fourth-order valence-corrected chi connectivity index (χ4v) is 3.81. The van der Waals surface area contributed by atoms with Crippen LogP contribution in [0.3, 0.4) is 0 Å². The summed E-state index contributed by atoms with van der Waals surface area (Å²) in [5.74, 6) is -0.0506. The second-order valence-electron chi connectivity index (χ2n) is 9.07. The maximum absolute atomic E-state index is 12.2. The normalized spacial score (nSPS) is 23.8. The molecule has 0 aliphatic carbocycles. The number of ether oxygens (including phenoxy) is 1. The Labute approximate surface area is 142 Å². The van der Waals surface area contributed by atoms with E-state index in [-0.39, 0.29) is 29.8 Å². The molecular formula is C17H35NO4Si. The van der Waals surface area contributed by atoms with Crippen molar-refractivity contribution in [1.29, 1.82) is 0 Å². The summed E-state index contributed by atoms with van der Waals surface area (Å²) in [6.45, 7) is 17.8. The minimum Gasteiger partial charge on any atom is -0.444 e. The Morgan fingerprint density at radius 1 is 1.22 bits per heavy atom. The molecule has 1 amide bonds. The van der Waals surface area contributed by atoms with Crippen molar-refractivity contribution >= 4 is 14.4 Å². The summed E-state index contributed by atoms with van der Waals surface area (Å²) in [5, 5.41) is 9.88. The van der Waals surface area contributed by atoms with Crippen molar-refractivity contribution in [1.82, 2.24) is 4.90 Å². The van der Waals surface area contributed by atoms with E-state index in [0.717, 1.165) is 6.42 Å². The Balaban J connectivity index is 2.71. The van der Waals surface area contributed by atoms with Crippen LogP contribution < -0.4 is 0 Å². The molecule has 1 N–H and O–H groups in total. The van der Waals surface area contributed by atoms with Crippen molar-refractivity contribution in [3.8, 4) is 0 Å². The molecule has 2 atom stereocenters. The highest BCUT2D eigenvalue weighted by molar-refractivity contribution is 6.74. The van der Waals surface area contributed by atoms with E-state index < -0.39 is 13.9 Å².